The van der Waals surface area contributed by atoms with E-state index in [1.54, 1.807) is 30.9 Å². The van der Waals surface area contributed by atoms with Gasteiger partial charge in [0, 0.05) is 39.9 Å². The summed E-state index contributed by atoms with van der Waals surface area (Å²) in [5.41, 5.74) is 0. The zero-order chi connectivity index (χ0) is 14.1. The molecule has 2 amide bonds. The molecular formula is C12H24N2O4. The van der Waals surface area contributed by atoms with Gasteiger partial charge in [0.25, 0.3) is 0 Å². The van der Waals surface area contributed by atoms with Gasteiger partial charge in [-0.25, -0.2) is 4.79 Å². The fraction of sp³-hybridized carbons (Fsp3) is 0.833. The molecule has 0 aromatic rings. The van der Waals surface area contributed by atoms with Crippen LogP contribution in [-0.4, -0.2) is 66.8 Å². The lowest BCUT2D eigenvalue weighted by atomic mass is 10.2. The van der Waals surface area contributed by atoms with E-state index < -0.39 is 5.97 Å². The van der Waals surface area contributed by atoms with Crippen LogP contribution in [0.4, 0.5) is 4.79 Å². The first kappa shape index (κ1) is 16.7. The van der Waals surface area contributed by atoms with Gasteiger partial charge in [0.15, 0.2) is 0 Å². The number of rotatable bonds is 8. The third kappa shape index (κ3) is 5.86. The Hall–Kier alpha value is -1.30. The fourth-order valence-electron chi connectivity index (χ4n) is 1.76. The van der Waals surface area contributed by atoms with Gasteiger partial charge >= 0.3 is 12.0 Å². The third-order valence-electron chi connectivity index (χ3n) is 2.76. The second kappa shape index (κ2) is 8.74. The third-order valence-corrected chi connectivity index (χ3v) is 2.76. The van der Waals surface area contributed by atoms with Crippen LogP contribution in [0.25, 0.3) is 0 Å². The Balaban J connectivity index is 4.35. The molecule has 0 heterocycles. The van der Waals surface area contributed by atoms with Gasteiger partial charge in [-0.3, -0.25) is 4.79 Å². The number of urea groups is 1. The van der Waals surface area contributed by atoms with Crippen molar-refractivity contribution in [2.75, 3.05) is 33.9 Å². The average Bonchev–Trinajstić information content (AvgIpc) is 2.28. The smallest absolute Gasteiger partial charge is 0.319 e. The maximum absolute atomic E-state index is 12.1. The summed E-state index contributed by atoms with van der Waals surface area (Å²) in [5.74, 6) is -0.893. The molecule has 1 unspecified atom stereocenters. The van der Waals surface area contributed by atoms with Gasteiger partial charge in [-0.05, 0) is 20.3 Å². The summed E-state index contributed by atoms with van der Waals surface area (Å²) in [4.78, 5) is 25.9. The van der Waals surface area contributed by atoms with E-state index in [2.05, 4.69) is 0 Å². The van der Waals surface area contributed by atoms with Gasteiger partial charge in [0.1, 0.15) is 0 Å². The van der Waals surface area contributed by atoms with Crippen molar-refractivity contribution >= 4 is 12.0 Å². The van der Waals surface area contributed by atoms with Crippen LogP contribution < -0.4 is 0 Å². The van der Waals surface area contributed by atoms with E-state index in [0.29, 0.717) is 19.7 Å². The lowest BCUT2D eigenvalue weighted by molar-refractivity contribution is -0.138. The molecule has 0 spiro atoms. The molecule has 0 aliphatic rings. The Bertz CT molecular complexity index is 271. The summed E-state index contributed by atoms with van der Waals surface area (Å²) in [5, 5.41) is 8.75. The normalized spacial score (nSPS) is 12.0. The first-order valence-electron chi connectivity index (χ1n) is 6.16. The molecule has 0 radical (unpaired) electrons. The number of carbonyl (C=O) groups is 2. The predicted octanol–water partition coefficient (Wildman–Crippen LogP) is 1.26. The molecule has 18 heavy (non-hydrogen) atoms. The highest BCUT2D eigenvalue weighted by atomic mass is 16.5. The van der Waals surface area contributed by atoms with Gasteiger partial charge in [-0.2, -0.15) is 0 Å². The highest BCUT2D eigenvalue weighted by molar-refractivity contribution is 5.75. The number of carboxylic acids is 1. The van der Waals surface area contributed by atoms with Crippen molar-refractivity contribution < 1.29 is 19.4 Å². The molecule has 1 N–H and O–H groups in total. The molecule has 0 rings (SSSR count). The summed E-state index contributed by atoms with van der Waals surface area (Å²) < 4.78 is 4.93. The highest BCUT2D eigenvalue weighted by Gasteiger charge is 2.23. The summed E-state index contributed by atoms with van der Waals surface area (Å²) in [7, 11) is 3.34. The Kier molecular flexibility index (Phi) is 8.11. The number of hydrogen-bond donors (Lipinski definition) is 1. The number of aliphatic carboxylic acids is 1. The number of ether oxygens (including phenoxy) is 1. The zero-order valence-electron chi connectivity index (χ0n) is 11.7. The Labute approximate surface area is 109 Å². The summed E-state index contributed by atoms with van der Waals surface area (Å²) in [6.07, 6.45) is 0.731. The van der Waals surface area contributed by atoms with Crippen molar-refractivity contribution in [1.29, 1.82) is 0 Å². The van der Waals surface area contributed by atoms with Crippen LogP contribution in [0.2, 0.25) is 0 Å². The number of hydrogen-bond acceptors (Lipinski definition) is 3. The Morgan fingerprint density at radius 2 is 2.00 bits per heavy atom. The minimum absolute atomic E-state index is 0.0362. The van der Waals surface area contributed by atoms with Crippen molar-refractivity contribution in [2.45, 2.75) is 32.7 Å². The van der Waals surface area contributed by atoms with Crippen LogP contribution in [0, 0.1) is 0 Å². The van der Waals surface area contributed by atoms with Crippen LogP contribution >= 0.6 is 0 Å². The first-order chi connectivity index (χ1) is 8.43. The Morgan fingerprint density at radius 3 is 2.44 bits per heavy atom. The van der Waals surface area contributed by atoms with E-state index in [1.807, 2.05) is 6.92 Å². The number of nitrogens with zero attached hydrogens (tertiary/aromatic N) is 2. The standard InChI is InChI=1S/C12H24N2O4/c1-5-14(10(2)9-11(15)16)12(17)13(3)7-6-8-18-4/h10H,5-9H2,1-4H3,(H,15,16). The lowest BCUT2D eigenvalue weighted by Gasteiger charge is -2.31. The molecule has 0 saturated heterocycles. The first-order valence-corrected chi connectivity index (χ1v) is 6.16. The minimum Gasteiger partial charge on any atom is -0.481 e. The van der Waals surface area contributed by atoms with Gasteiger partial charge in [0.2, 0.25) is 0 Å². The van der Waals surface area contributed by atoms with E-state index in [9.17, 15) is 9.59 Å². The van der Waals surface area contributed by atoms with Crippen molar-refractivity contribution in [3.05, 3.63) is 0 Å². The Morgan fingerprint density at radius 1 is 1.39 bits per heavy atom. The highest BCUT2D eigenvalue weighted by Crippen LogP contribution is 2.07. The van der Waals surface area contributed by atoms with Gasteiger partial charge in [0.05, 0.1) is 6.42 Å². The number of carbonyl (C=O) groups excluding carboxylic acids is 1. The lowest BCUT2D eigenvalue weighted by Crippen LogP contribution is -2.46. The van der Waals surface area contributed by atoms with Gasteiger partial charge < -0.3 is 19.6 Å². The van der Waals surface area contributed by atoms with Gasteiger partial charge in [-0.15, -0.1) is 0 Å². The monoisotopic (exact) mass is 260 g/mol. The summed E-state index contributed by atoms with van der Waals surface area (Å²) in [6, 6.07) is -0.438. The van der Waals surface area contributed by atoms with Crippen LogP contribution in [0.1, 0.15) is 26.7 Å². The van der Waals surface area contributed by atoms with Crippen LogP contribution in [0.15, 0.2) is 0 Å². The van der Waals surface area contributed by atoms with Crippen molar-refractivity contribution in [2.24, 2.45) is 0 Å². The van der Waals surface area contributed by atoms with Crippen LogP contribution in [0.5, 0.6) is 0 Å². The SMILES string of the molecule is CCN(C(=O)N(C)CCCOC)C(C)CC(=O)O. The molecule has 0 saturated carbocycles. The quantitative estimate of drug-likeness (QED) is 0.667. The molecule has 0 bridgehead atoms. The molecular weight excluding hydrogens is 236 g/mol. The molecule has 106 valence electrons. The number of amides is 2. The topological polar surface area (TPSA) is 70.1 Å². The average molecular weight is 260 g/mol. The minimum atomic E-state index is -0.893. The molecule has 0 aliphatic carbocycles. The van der Waals surface area contributed by atoms with E-state index >= 15 is 0 Å². The maximum Gasteiger partial charge on any atom is 0.319 e. The molecule has 0 fully saturated rings. The van der Waals surface area contributed by atoms with Crippen LogP contribution in [-0.2, 0) is 9.53 Å². The maximum atomic E-state index is 12.1. The second-order valence-corrected chi connectivity index (χ2v) is 4.28. The predicted molar refractivity (Wildman–Crippen MR) is 68.6 cm³/mol. The fourth-order valence-corrected chi connectivity index (χ4v) is 1.76. The van der Waals surface area contributed by atoms with Crippen molar-refractivity contribution in [3.63, 3.8) is 0 Å². The molecule has 6 heteroatoms. The number of carboxylic acid groups (broad SMARTS) is 1. The molecule has 0 aromatic carbocycles. The molecule has 0 aliphatic heterocycles. The second-order valence-electron chi connectivity index (χ2n) is 4.28. The zero-order valence-corrected chi connectivity index (χ0v) is 11.7. The number of methoxy groups -OCH3 is 1. The van der Waals surface area contributed by atoms with Crippen molar-refractivity contribution in [1.82, 2.24) is 9.80 Å². The molecule has 0 aromatic heterocycles. The molecule has 6 nitrogen and oxygen atoms in total. The molecule has 1 atom stereocenters. The van der Waals surface area contributed by atoms with Crippen molar-refractivity contribution in [3.8, 4) is 0 Å². The largest absolute Gasteiger partial charge is 0.481 e. The van der Waals surface area contributed by atoms with E-state index in [0.717, 1.165) is 6.42 Å². The van der Waals surface area contributed by atoms with Crippen LogP contribution in [0.3, 0.4) is 0 Å². The summed E-state index contributed by atoms with van der Waals surface area (Å²) in [6.45, 7) is 5.30. The van der Waals surface area contributed by atoms with E-state index in [4.69, 9.17) is 9.84 Å². The summed E-state index contributed by atoms with van der Waals surface area (Å²) >= 11 is 0. The van der Waals surface area contributed by atoms with E-state index in [1.165, 1.54) is 0 Å². The van der Waals surface area contributed by atoms with Gasteiger partial charge in [-0.1, -0.05) is 0 Å². The van der Waals surface area contributed by atoms with E-state index in [-0.39, 0.29) is 18.5 Å².